The van der Waals surface area contributed by atoms with Gasteiger partial charge in [-0.05, 0) is 6.92 Å². The third kappa shape index (κ3) is 2.31. The van der Waals surface area contributed by atoms with Gasteiger partial charge in [-0.25, -0.2) is 0 Å². The monoisotopic (exact) mass is 210 g/mol. The molecule has 2 rings (SSSR count). The molecule has 1 aromatic rings. The second-order valence-corrected chi connectivity index (χ2v) is 4.11. The van der Waals surface area contributed by atoms with Crippen molar-refractivity contribution in [3.63, 3.8) is 0 Å². The molecule has 0 unspecified atom stereocenters. The summed E-state index contributed by atoms with van der Waals surface area (Å²) in [6, 6.07) is 0. The van der Waals surface area contributed by atoms with Gasteiger partial charge in [0.25, 0.3) is 0 Å². The summed E-state index contributed by atoms with van der Waals surface area (Å²) in [5, 5.41) is 9.53. The van der Waals surface area contributed by atoms with Crippen LogP contribution in [0.4, 0.5) is 11.9 Å². The molecule has 0 atom stereocenters. The number of anilines is 2. The highest BCUT2D eigenvalue weighted by molar-refractivity contribution is 5.25. The van der Waals surface area contributed by atoms with Crippen molar-refractivity contribution in [1.82, 2.24) is 19.9 Å². The third-order valence-corrected chi connectivity index (χ3v) is 2.21. The first-order valence-electron chi connectivity index (χ1n) is 4.65. The Morgan fingerprint density at radius 1 is 1.27 bits per heavy atom. The van der Waals surface area contributed by atoms with Crippen molar-refractivity contribution < 1.29 is 5.11 Å². The van der Waals surface area contributed by atoms with Crippen LogP contribution in [0.3, 0.4) is 0 Å². The van der Waals surface area contributed by atoms with Gasteiger partial charge in [-0.1, -0.05) is 0 Å². The summed E-state index contributed by atoms with van der Waals surface area (Å²) in [7, 11) is 0. The van der Waals surface area contributed by atoms with Gasteiger partial charge < -0.3 is 16.6 Å². The van der Waals surface area contributed by atoms with Gasteiger partial charge in [0.15, 0.2) is 0 Å². The molecule has 15 heavy (non-hydrogen) atoms. The molecule has 0 amide bonds. The van der Waals surface area contributed by atoms with E-state index in [9.17, 15) is 5.11 Å². The summed E-state index contributed by atoms with van der Waals surface area (Å²) < 4.78 is 0. The number of nitrogens with zero attached hydrogens (tertiary/aromatic N) is 4. The minimum absolute atomic E-state index is 0.129. The topological polar surface area (TPSA) is 114 Å². The van der Waals surface area contributed by atoms with E-state index >= 15 is 0 Å². The molecule has 0 bridgehead atoms. The molecule has 5 N–H and O–H groups in total. The average Bonchev–Trinajstić information content (AvgIpc) is 1.97. The summed E-state index contributed by atoms with van der Waals surface area (Å²) in [6.45, 7) is 3.55. The lowest BCUT2D eigenvalue weighted by Gasteiger charge is -2.43. The second kappa shape index (κ2) is 3.28. The number of likely N-dealkylation sites (tertiary alicyclic amines) is 1. The van der Waals surface area contributed by atoms with E-state index in [1.54, 1.807) is 6.92 Å². The first kappa shape index (κ1) is 10.1. The summed E-state index contributed by atoms with van der Waals surface area (Å²) in [5.74, 6) is 0.796. The van der Waals surface area contributed by atoms with E-state index in [0.717, 1.165) is 0 Å². The quantitative estimate of drug-likeness (QED) is 0.550. The Morgan fingerprint density at radius 2 is 1.80 bits per heavy atom. The van der Waals surface area contributed by atoms with E-state index in [4.69, 9.17) is 11.5 Å². The van der Waals surface area contributed by atoms with E-state index in [1.807, 2.05) is 4.90 Å². The van der Waals surface area contributed by atoms with Crippen LogP contribution in [-0.2, 0) is 6.54 Å². The van der Waals surface area contributed by atoms with Crippen LogP contribution < -0.4 is 11.5 Å². The molecule has 0 aromatic carbocycles. The number of hydrogen-bond donors (Lipinski definition) is 3. The molecule has 1 aromatic heterocycles. The Balaban J connectivity index is 2.00. The predicted octanol–water partition coefficient (Wildman–Crippen LogP) is -1.40. The predicted molar refractivity (Wildman–Crippen MR) is 54.6 cm³/mol. The second-order valence-electron chi connectivity index (χ2n) is 4.11. The molecule has 1 saturated heterocycles. The van der Waals surface area contributed by atoms with Gasteiger partial charge >= 0.3 is 0 Å². The average molecular weight is 210 g/mol. The summed E-state index contributed by atoms with van der Waals surface area (Å²) in [4.78, 5) is 13.6. The molecular formula is C8H14N6O. The van der Waals surface area contributed by atoms with Gasteiger partial charge in [0.1, 0.15) is 5.82 Å². The van der Waals surface area contributed by atoms with Gasteiger partial charge in [0, 0.05) is 13.1 Å². The fourth-order valence-electron chi connectivity index (χ4n) is 1.76. The first-order chi connectivity index (χ1) is 6.94. The summed E-state index contributed by atoms with van der Waals surface area (Å²) in [5.41, 5.74) is 10.3. The fourth-order valence-corrected chi connectivity index (χ4v) is 1.76. The van der Waals surface area contributed by atoms with Crippen LogP contribution in [0.1, 0.15) is 12.7 Å². The highest BCUT2D eigenvalue weighted by Gasteiger charge is 2.36. The summed E-state index contributed by atoms with van der Waals surface area (Å²) in [6.07, 6.45) is 0. The molecule has 1 aliphatic rings. The Labute approximate surface area is 87.1 Å². The Hall–Kier alpha value is -1.47. The van der Waals surface area contributed by atoms with Crippen molar-refractivity contribution in [3.8, 4) is 0 Å². The van der Waals surface area contributed by atoms with E-state index < -0.39 is 5.60 Å². The van der Waals surface area contributed by atoms with Crippen molar-refractivity contribution in [1.29, 1.82) is 0 Å². The van der Waals surface area contributed by atoms with Gasteiger partial charge in [-0.3, -0.25) is 4.90 Å². The smallest absolute Gasteiger partial charge is 0.225 e. The molecule has 0 saturated carbocycles. The number of nitrogen functional groups attached to an aromatic ring is 2. The fraction of sp³-hybridized carbons (Fsp3) is 0.625. The molecule has 82 valence electrons. The number of nitrogens with two attached hydrogens (primary N) is 2. The standard InChI is InChI=1S/C8H14N6O/c1-8(15)3-14(4-8)2-5-11-6(9)13-7(10)12-5/h15H,2-4H2,1H3,(H4,9,10,11,12,13). The van der Waals surface area contributed by atoms with Gasteiger partial charge in [0.05, 0.1) is 12.1 Å². The van der Waals surface area contributed by atoms with E-state index in [-0.39, 0.29) is 11.9 Å². The molecule has 7 nitrogen and oxygen atoms in total. The SMILES string of the molecule is CC1(O)CN(Cc2nc(N)nc(N)n2)C1. The molecular weight excluding hydrogens is 196 g/mol. The van der Waals surface area contributed by atoms with Crippen molar-refractivity contribution in [3.05, 3.63) is 5.82 Å². The number of aliphatic hydroxyl groups is 1. The first-order valence-corrected chi connectivity index (χ1v) is 4.65. The molecule has 1 aliphatic heterocycles. The van der Waals surface area contributed by atoms with Crippen molar-refractivity contribution in [2.45, 2.75) is 19.1 Å². The third-order valence-electron chi connectivity index (χ3n) is 2.21. The molecule has 0 radical (unpaired) electrons. The number of rotatable bonds is 2. The maximum absolute atomic E-state index is 9.53. The maximum atomic E-state index is 9.53. The van der Waals surface area contributed by atoms with Crippen LogP contribution in [0.15, 0.2) is 0 Å². The zero-order valence-electron chi connectivity index (χ0n) is 8.51. The van der Waals surface area contributed by atoms with Crippen LogP contribution in [0.5, 0.6) is 0 Å². The zero-order chi connectivity index (χ0) is 11.1. The number of β-amino-alcohol motifs (C(OH)–C–C–N with tert-alkyl or cyclic N) is 1. The largest absolute Gasteiger partial charge is 0.388 e. The molecule has 0 spiro atoms. The van der Waals surface area contributed by atoms with Gasteiger partial charge in [0.2, 0.25) is 11.9 Å². The Morgan fingerprint density at radius 3 is 2.27 bits per heavy atom. The van der Waals surface area contributed by atoms with E-state index in [0.29, 0.717) is 25.5 Å². The maximum Gasteiger partial charge on any atom is 0.225 e. The van der Waals surface area contributed by atoms with E-state index in [1.165, 1.54) is 0 Å². The highest BCUT2D eigenvalue weighted by Crippen LogP contribution is 2.21. The van der Waals surface area contributed by atoms with Crippen LogP contribution in [0.25, 0.3) is 0 Å². The van der Waals surface area contributed by atoms with Crippen molar-refractivity contribution >= 4 is 11.9 Å². The number of aromatic nitrogens is 3. The molecule has 2 heterocycles. The zero-order valence-corrected chi connectivity index (χ0v) is 8.51. The minimum atomic E-state index is -0.593. The lowest BCUT2D eigenvalue weighted by atomic mass is 9.97. The van der Waals surface area contributed by atoms with Gasteiger partial charge in [-0.15, -0.1) is 0 Å². The van der Waals surface area contributed by atoms with E-state index in [2.05, 4.69) is 15.0 Å². The minimum Gasteiger partial charge on any atom is -0.388 e. The normalized spacial score (nSPS) is 19.9. The molecule has 0 aliphatic carbocycles. The van der Waals surface area contributed by atoms with Crippen LogP contribution in [-0.4, -0.2) is 43.6 Å². The van der Waals surface area contributed by atoms with Gasteiger partial charge in [-0.2, -0.15) is 15.0 Å². The van der Waals surface area contributed by atoms with Crippen molar-refractivity contribution in [2.24, 2.45) is 0 Å². The van der Waals surface area contributed by atoms with Crippen LogP contribution in [0, 0.1) is 0 Å². The Bertz CT molecular complexity index is 351. The molecule has 1 fully saturated rings. The lowest BCUT2D eigenvalue weighted by Crippen LogP contribution is -2.59. The highest BCUT2D eigenvalue weighted by atomic mass is 16.3. The Kier molecular flexibility index (Phi) is 2.20. The van der Waals surface area contributed by atoms with Crippen molar-refractivity contribution in [2.75, 3.05) is 24.6 Å². The lowest BCUT2D eigenvalue weighted by molar-refractivity contribution is -0.0880. The van der Waals surface area contributed by atoms with Crippen LogP contribution in [0.2, 0.25) is 0 Å². The summed E-state index contributed by atoms with van der Waals surface area (Å²) >= 11 is 0. The van der Waals surface area contributed by atoms with Crippen LogP contribution >= 0.6 is 0 Å². The molecule has 7 heteroatoms. The number of hydrogen-bond acceptors (Lipinski definition) is 7.